The van der Waals surface area contributed by atoms with Crippen LogP contribution in [0.2, 0.25) is 0 Å². The second-order valence-corrected chi connectivity index (χ2v) is 5.93. The van der Waals surface area contributed by atoms with Crippen molar-refractivity contribution < 1.29 is 13.9 Å². The zero-order valence-electron chi connectivity index (χ0n) is 13.8. The van der Waals surface area contributed by atoms with Crippen molar-refractivity contribution in [1.29, 1.82) is 0 Å². The highest BCUT2D eigenvalue weighted by atomic mass is 16.7. The van der Waals surface area contributed by atoms with Crippen LogP contribution in [0.1, 0.15) is 17.0 Å². The van der Waals surface area contributed by atoms with E-state index in [1.807, 2.05) is 43.3 Å². The van der Waals surface area contributed by atoms with Gasteiger partial charge in [-0.05, 0) is 42.8 Å². The number of nitrogens with one attached hydrogen (secondary N) is 1. The summed E-state index contributed by atoms with van der Waals surface area (Å²) < 4.78 is 17.7. The molecule has 3 aromatic rings. The van der Waals surface area contributed by atoms with Crippen LogP contribution in [0.15, 0.2) is 57.9 Å². The van der Waals surface area contributed by atoms with Crippen molar-refractivity contribution in [1.82, 2.24) is 4.57 Å². The van der Waals surface area contributed by atoms with Crippen molar-refractivity contribution in [3.63, 3.8) is 0 Å². The molecule has 3 heterocycles. The van der Waals surface area contributed by atoms with Crippen LogP contribution in [0, 0.1) is 6.92 Å². The van der Waals surface area contributed by atoms with Crippen molar-refractivity contribution in [3.05, 3.63) is 76.1 Å². The number of rotatable bonds is 5. The van der Waals surface area contributed by atoms with Crippen LogP contribution in [0.5, 0.6) is 11.5 Å². The highest BCUT2D eigenvalue weighted by molar-refractivity contribution is 5.47. The van der Waals surface area contributed by atoms with E-state index in [9.17, 15) is 4.79 Å². The van der Waals surface area contributed by atoms with E-state index in [0.717, 1.165) is 34.2 Å². The zero-order valence-corrected chi connectivity index (χ0v) is 13.8. The highest BCUT2D eigenvalue weighted by Crippen LogP contribution is 2.32. The number of benzene rings is 1. The first-order chi connectivity index (χ1) is 12.2. The first-order valence-electron chi connectivity index (χ1n) is 8.05. The van der Waals surface area contributed by atoms with Gasteiger partial charge in [0.25, 0.3) is 5.56 Å². The van der Waals surface area contributed by atoms with Crippen molar-refractivity contribution in [2.45, 2.75) is 20.0 Å². The van der Waals surface area contributed by atoms with Crippen LogP contribution in [-0.2, 0) is 13.1 Å². The normalized spacial score (nSPS) is 12.4. The molecular formula is C19H18N2O4. The topological polar surface area (TPSA) is 65.6 Å². The van der Waals surface area contributed by atoms with Crippen LogP contribution in [0.3, 0.4) is 0 Å². The summed E-state index contributed by atoms with van der Waals surface area (Å²) in [5.41, 5.74) is 2.65. The molecule has 6 heteroatoms. The minimum atomic E-state index is -0.0652. The van der Waals surface area contributed by atoms with Crippen molar-refractivity contribution in [2.75, 3.05) is 12.1 Å². The quantitative estimate of drug-likeness (QED) is 0.774. The number of fused-ring (bicyclic) bond motifs is 1. The second-order valence-electron chi connectivity index (χ2n) is 5.93. The predicted molar refractivity (Wildman–Crippen MR) is 93.1 cm³/mol. The largest absolute Gasteiger partial charge is 0.467 e. The summed E-state index contributed by atoms with van der Waals surface area (Å²) in [6, 6.07) is 13.0. The van der Waals surface area contributed by atoms with Gasteiger partial charge in [0.1, 0.15) is 5.76 Å². The molecule has 1 aliphatic rings. The fourth-order valence-electron chi connectivity index (χ4n) is 2.85. The van der Waals surface area contributed by atoms with Gasteiger partial charge in [0, 0.05) is 24.0 Å². The Bertz CT molecular complexity index is 945. The van der Waals surface area contributed by atoms with Gasteiger partial charge < -0.3 is 23.8 Å². The number of aryl methyl sites for hydroxylation is 1. The number of furan rings is 1. The Morgan fingerprint density at radius 2 is 2.00 bits per heavy atom. The third-order valence-corrected chi connectivity index (χ3v) is 4.16. The van der Waals surface area contributed by atoms with E-state index < -0.39 is 0 Å². The molecule has 0 spiro atoms. The Labute approximate surface area is 144 Å². The van der Waals surface area contributed by atoms with E-state index in [4.69, 9.17) is 13.9 Å². The van der Waals surface area contributed by atoms with Gasteiger partial charge in [0.15, 0.2) is 11.5 Å². The predicted octanol–water partition coefficient (Wildman–Crippen LogP) is 3.14. The lowest BCUT2D eigenvalue weighted by molar-refractivity contribution is 0.174. The average molecular weight is 338 g/mol. The van der Waals surface area contributed by atoms with E-state index in [0.29, 0.717) is 13.1 Å². The minimum Gasteiger partial charge on any atom is -0.467 e. The number of pyridine rings is 1. The van der Waals surface area contributed by atoms with Crippen molar-refractivity contribution >= 4 is 5.69 Å². The summed E-state index contributed by atoms with van der Waals surface area (Å²) in [4.78, 5) is 12.4. The monoisotopic (exact) mass is 338 g/mol. The standard InChI is InChI=1S/C19H18N2O4/c1-13-7-15(9-19(22)21(13)11-16-3-2-6-23-16)20-10-14-4-5-17-18(8-14)25-12-24-17/h2-9,20H,10-12H2,1H3. The summed E-state index contributed by atoms with van der Waals surface area (Å²) in [7, 11) is 0. The van der Waals surface area contributed by atoms with Gasteiger partial charge >= 0.3 is 0 Å². The van der Waals surface area contributed by atoms with Gasteiger partial charge in [0.05, 0.1) is 12.8 Å². The molecule has 0 radical (unpaired) electrons. The molecule has 25 heavy (non-hydrogen) atoms. The molecule has 4 rings (SSSR count). The first-order valence-corrected chi connectivity index (χ1v) is 8.05. The number of anilines is 1. The van der Waals surface area contributed by atoms with E-state index in [1.54, 1.807) is 16.9 Å². The van der Waals surface area contributed by atoms with Gasteiger partial charge in [0.2, 0.25) is 6.79 Å². The van der Waals surface area contributed by atoms with Crippen LogP contribution >= 0.6 is 0 Å². The molecule has 0 unspecified atom stereocenters. The Hall–Kier alpha value is -3.15. The van der Waals surface area contributed by atoms with Crippen LogP contribution in [-0.4, -0.2) is 11.4 Å². The molecule has 128 valence electrons. The van der Waals surface area contributed by atoms with Crippen LogP contribution in [0.4, 0.5) is 5.69 Å². The lowest BCUT2D eigenvalue weighted by Crippen LogP contribution is -2.22. The number of hydrogen-bond acceptors (Lipinski definition) is 5. The Morgan fingerprint density at radius 1 is 1.12 bits per heavy atom. The van der Waals surface area contributed by atoms with Crippen molar-refractivity contribution in [2.24, 2.45) is 0 Å². The molecule has 1 N–H and O–H groups in total. The average Bonchev–Trinajstić information content (AvgIpc) is 3.27. The number of hydrogen-bond donors (Lipinski definition) is 1. The number of ether oxygens (including phenoxy) is 2. The number of nitrogens with zero attached hydrogens (tertiary/aromatic N) is 1. The molecule has 0 aliphatic carbocycles. The molecule has 0 fully saturated rings. The maximum atomic E-state index is 12.4. The second kappa shape index (κ2) is 6.39. The lowest BCUT2D eigenvalue weighted by Gasteiger charge is -2.12. The van der Waals surface area contributed by atoms with E-state index in [2.05, 4.69) is 5.32 Å². The summed E-state index contributed by atoms with van der Waals surface area (Å²) in [6.45, 7) is 3.20. The SMILES string of the molecule is Cc1cc(NCc2ccc3c(c2)OCO3)cc(=O)n1Cc1ccco1. The number of aromatic nitrogens is 1. The third-order valence-electron chi connectivity index (χ3n) is 4.16. The molecule has 1 aromatic carbocycles. The molecule has 0 amide bonds. The van der Waals surface area contributed by atoms with E-state index in [-0.39, 0.29) is 12.4 Å². The van der Waals surface area contributed by atoms with Gasteiger partial charge in [-0.3, -0.25) is 4.79 Å². The molecule has 6 nitrogen and oxygen atoms in total. The Morgan fingerprint density at radius 3 is 2.80 bits per heavy atom. The first kappa shape index (κ1) is 15.4. The maximum Gasteiger partial charge on any atom is 0.253 e. The van der Waals surface area contributed by atoms with E-state index in [1.165, 1.54) is 0 Å². The summed E-state index contributed by atoms with van der Waals surface area (Å²) in [6.07, 6.45) is 1.61. The van der Waals surface area contributed by atoms with Crippen LogP contribution in [0.25, 0.3) is 0 Å². The van der Waals surface area contributed by atoms with E-state index >= 15 is 0 Å². The minimum absolute atomic E-state index is 0.0652. The molecule has 0 atom stereocenters. The Balaban J connectivity index is 1.48. The van der Waals surface area contributed by atoms with Gasteiger partial charge in [-0.25, -0.2) is 0 Å². The van der Waals surface area contributed by atoms with Gasteiger partial charge in [-0.2, -0.15) is 0 Å². The molecule has 0 saturated carbocycles. The van der Waals surface area contributed by atoms with Gasteiger partial charge in [-0.15, -0.1) is 0 Å². The summed E-state index contributed by atoms with van der Waals surface area (Å²) in [5, 5.41) is 3.29. The maximum absolute atomic E-state index is 12.4. The molecule has 0 saturated heterocycles. The zero-order chi connectivity index (χ0) is 17.2. The third kappa shape index (κ3) is 3.24. The summed E-state index contributed by atoms with van der Waals surface area (Å²) >= 11 is 0. The molecular weight excluding hydrogens is 320 g/mol. The fraction of sp³-hybridized carbons (Fsp3) is 0.211. The molecule has 0 bridgehead atoms. The van der Waals surface area contributed by atoms with Crippen LogP contribution < -0.4 is 20.3 Å². The smallest absolute Gasteiger partial charge is 0.253 e. The Kier molecular flexibility index (Phi) is 3.93. The molecule has 2 aromatic heterocycles. The summed E-state index contributed by atoms with van der Waals surface area (Å²) in [5.74, 6) is 2.27. The molecule has 1 aliphatic heterocycles. The highest BCUT2D eigenvalue weighted by Gasteiger charge is 2.13. The van der Waals surface area contributed by atoms with Gasteiger partial charge in [-0.1, -0.05) is 6.07 Å². The fourth-order valence-corrected chi connectivity index (χ4v) is 2.85. The lowest BCUT2D eigenvalue weighted by atomic mass is 10.2. The van der Waals surface area contributed by atoms with Crippen molar-refractivity contribution in [3.8, 4) is 11.5 Å².